The lowest BCUT2D eigenvalue weighted by molar-refractivity contribution is 0.225. The number of hydrogen-bond acceptors (Lipinski definition) is 4. The molecule has 0 bridgehead atoms. The number of rotatable bonds is 4. The molecule has 1 atom stereocenters. The van der Waals surface area contributed by atoms with Crippen LogP contribution in [-0.4, -0.2) is 31.6 Å². The van der Waals surface area contributed by atoms with Crippen molar-refractivity contribution in [2.24, 2.45) is 7.05 Å². The Kier molecular flexibility index (Phi) is 5.96. The van der Waals surface area contributed by atoms with Gasteiger partial charge in [-0.1, -0.05) is 12.1 Å². The smallest absolute Gasteiger partial charge is 0.258 e. The second-order valence-electron chi connectivity index (χ2n) is 9.32. The largest absolute Gasteiger partial charge is 0.489 e. The zero-order chi connectivity index (χ0) is 22.5. The molecule has 0 spiro atoms. The number of aryl methyl sites for hydroxylation is 2. The highest BCUT2D eigenvalue weighted by atomic mass is 35.5. The summed E-state index contributed by atoms with van der Waals surface area (Å²) in [5.74, 6) is 0.563. The van der Waals surface area contributed by atoms with Gasteiger partial charge in [0, 0.05) is 66.9 Å². The Bertz CT molecular complexity index is 1410. The second kappa shape index (κ2) is 8.93. The highest BCUT2D eigenvalue weighted by Gasteiger charge is 2.32. The molecule has 34 heavy (non-hydrogen) atoms. The average Bonchev–Trinajstić information content (AvgIpc) is 3.39. The van der Waals surface area contributed by atoms with Gasteiger partial charge in [0.15, 0.2) is 0 Å². The van der Waals surface area contributed by atoms with Gasteiger partial charge in [0.1, 0.15) is 12.4 Å². The molecule has 0 N–H and O–H groups in total. The Balaban J connectivity index is 0.00000241. The van der Waals surface area contributed by atoms with Gasteiger partial charge in [-0.05, 0) is 56.1 Å². The number of benzene rings is 1. The van der Waals surface area contributed by atoms with Crippen LogP contribution in [0.5, 0.6) is 5.75 Å². The summed E-state index contributed by atoms with van der Waals surface area (Å²) in [5, 5.41) is 1.31. The molecule has 1 aromatic carbocycles. The van der Waals surface area contributed by atoms with E-state index in [-0.39, 0.29) is 18.0 Å². The molecule has 0 radical (unpaired) electrons. The van der Waals surface area contributed by atoms with Crippen LogP contribution < -0.4 is 10.3 Å². The number of hydrogen-bond donors (Lipinski definition) is 0. The molecular weight excluding hydrogens is 448 g/mol. The molecule has 1 unspecified atom stereocenters. The fourth-order valence-corrected chi connectivity index (χ4v) is 5.42. The molecular formula is C27H29ClN4O2. The van der Waals surface area contributed by atoms with Crippen molar-refractivity contribution in [1.82, 2.24) is 19.0 Å². The van der Waals surface area contributed by atoms with E-state index in [1.54, 1.807) is 23.0 Å². The lowest BCUT2D eigenvalue weighted by Gasteiger charge is -2.30. The number of aromatic nitrogens is 3. The molecule has 176 valence electrons. The van der Waals surface area contributed by atoms with Gasteiger partial charge < -0.3 is 9.30 Å². The summed E-state index contributed by atoms with van der Waals surface area (Å²) in [6.45, 7) is 4.59. The molecule has 1 fully saturated rings. The Morgan fingerprint density at radius 1 is 1.15 bits per heavy atom. The quantitative estimate of drug-likeness (QED) is 0.433. The topological polar surface area (TPSA) is 52.3 Å². The Morgan fingerprint density at radius 2 is 2.03 bits per heavy atom. The van der Waals surface area contributed by atoms with E-state index in [9.17, 15) is 4.79 Å². The number of ether oxygens (including phenoxy) is 1. The van der Waals surface area contributed by atoms with E-state index in [0.29, 0.717) is 18.4 Å². The first-order valence-electron chi connectivity index (χ1n) is 11.7. The number of fused-ring (bicyclic) bond motifs is 4. The van der Waals surface area contributed by atoms with Gasteiger partial charge in [0.2, 0.25) is 0 Å². The maximum Gasteiger partial charge on any atom is 0.258 e. The third kappa shape index (κ3) is 3.91. The third-order valence-electron chi connectivity index (χ3n) is 7.26. The zero-order valence-corrected chi connectivity index (χ0v) is 20.3. The van der Waals surface area contributed by atoms with Crippen LogP contribution in [-0.2, 0) is 26.6 Å². The van der Waals surface area contributed by atoms with Gasteiger partial charge in [-0.25, -0.2) is 0 Å². The Morgan fingerprint density at radius 3 is 2.82 bits per heavy atom. The van der Waals surface area contributed by atoms with Crippen LogP contribution >= 0.6 is 12.4 Å². The van der Waals surface area contributed by atoms with Gasteiger partial charge in [-0.15, -0.1) is 12.4 Å². The molecule has 0 saturated carbocycles. The average molecular weight is 477 g/mol. The van der Waals surface area contributed by atoms with Crippen molar-refractivity contribution < 1.29 is 4.74 Å². The van der Waals surface area contributed by atoms with Gasteiger partial charge in [-0.2, -0.15) is 0 Å². The molecule has 3 aromatic heterocycles. The predicted octanol–water partition coefficient (Wildman–Crippen LogP) is 4.55. The fourth-order valence-electron chi connectivity index (χ4n) is 5.42. The molecule has 4 aromatic rings. The van der Waals surface area contributed by atoms with Gasteiger partial charge in [-0.3, -0.25) is 19.2 Å². The first kappa shape index (κ1) is 22.7. The maximum atomic E-state index is 12.9. The Labute approximate surface area is 205 Å². The van der Waals surface area contributed by atoms with Crippen molar-refractivity contribution in [3.63, 3.8) is 0 Å². The van der Waals surface area contributed by atoms with Crippen LogP contribution in [0.1, 0.15) is 35.4 Å². The molecule has 2 aliphatic heterocycles. The highest BCUT2D eigenvalue weighted by Crippen LogP contribution is 2.36. The minimum atomic E-state index is -0.103. The molecule has 5 heterocycles. The molecule has 6 rings (SSSR count). The molecule has 7 heteroatoms. The van der Waals surface area contributed by atoms with Crippen LogP contribution in [0.15, 0.2) is 59.7 Å². The Hall–Kier alpha value is -3.09. The third-order valence-corrected chi connectivity index (χ3v) is 7.26. The summed E-state index contributed by atoms with van der Waals surface area (Å²) in [7, 11) is 2.16. The van der Waals surface area contributed by atoms with Crippen molar-refractivity contribution in [2.75, 3.05) is 6.54 Å². The summed E-state index contributed by atoms with van der Waals surface area (Å²) in [4.78, 5) is 19.8. The van der Waals surface area contributed by atoms with E-state index < -0.39 is 0 Å². The predicted molar refractivity (Wildman–Crippen MR) is 136 cm³/mol. The molecule has 0 aliphatic carbocycles. The van der Waals surface area contributed by atoms with Gasteiger partial charge in [0.25, 0.3) is 5.56 Å². The molecule has 2 aliphatic rings. The van der Waals surface area contributed by atoms with E-state index in [1.165, 1.54) is 41.5 Å². The van der Waals surface area contributed by atoms with Crippen LogP contribution in [0.2, 0.25) is 0 Å². The standard InChI is InChI=1S/C27H28N4O2.ClH/c1-18-5-6-19(15-28-18)17-33-22-9-11-31(27(32)14-22)21-7-8-23-24-16-30-10-3-4-20(30)12-26(24)29(2)25(23)13-21;/h5-9,11,13-15,20H,3-4,10,12,16-17H2,1-2H3;1H. The summed E-state index contributed by atoms with van der Waals surface area (Å²) in [6.07, 6.45) is 7.33. The van der Waals surface area contributed by atoms with E-state index in [2.05, 4.69) is 39.7 Å². The SMILES string of the molecule is Cc1ccc(COc2ccn(-c3ccc4c5c(n(C)c4c3)CC3CCCN3C5)c(=O)c2)cn1.Cl. The van der Waals surface area contributed by atoms with E-state index in [4.69, 9.17) is 4.74 Å². The normalized spacial score (nSPS) is 17.3. The van der Waals surface area contributed by atoms with Crippen molar-refractivity contribution >= 4 is 23.3 Å². The number of pyridine rings is 2. The van der Waals surface area contributed by atoms with Crippen molar-refractivity contribution in [1.29, 1.82) is 0 Å². The van der Waals surface area contributed by atoms with Crippen molar-refractivity contribution in [2.45, 2.75) is 45.4 Å². The van der Waals surface area contributed by atoms with E-state index >= 15 is 0 Å². The lowest BCUT2D eigenvalue weighted by Crippen LogP contribution is -2.35. The first-order valence-corrected chi connectivity index (χ1v) is 11.7. The molecule has 6 nitrogen and oxygen atoms in total. The summed E-state index contributed by atoms with van der Waals surface area (Å²) >= 11 is 0. The molecule has 0 amide bonds. The summed E-state index contributed by atoms with van der Waals surface area (Å²) < 4.78 is 9.84. The second-order valence-corrected chi connectivity index (χ2v) is 9.32. The van der Waals surface area contributed by atoms with Crippen LogP contribution in [0, 0.1) is 6.92 Å². The van der Waals surface area contributed by atoms with Gasteiger partial charge >= 0.3 is 0 Å². The number of nitrogens with zero attached hydrogens (tertiary/aromatic N) is 4. The van der Waals surface area contributed by atoms with Crippen LogP contribution in [0.25, 0.3) is 16.6 Å². The highest BCUT2D eigenvalue weighted by molar-refractivity contribution is 5.87. The van der Waals surface area contributed by atoms with Gasteiger partial charge in [0.05, 0.1) is 11.2 Å². The minimum absolute atomic E-state index is 0. The summed E-state index contributed by atoms with van der Waals surface area (Å²) in [6, 6.07) is 14.4. The van der Waals surface area contributed by atoms with E-state index in [0.717, 1.165) is 29.9 Å². The van der Waals surface area contributed by atoms with E-state index in [1.807, 2.05) is 25.1 Å². The molecule has 1 saturated heterocycles. The zero-order valence-electron chi connectivity index (χ0n) is 19.5. The van der Waals surface area contributed by atoms with Crippen molar-refractivity contribution in [3.8, 4) is 11.4 Å². The van der Waals surface area contributed by atoms with Crippen molar-refractivity contribution in [3.05, 3.63) is 87.7 Å². The van der Waals surface area contributed by atoms with Crippen LogP contribution in [0.4, 0.5) is 0 Å². The summed E-state index contributed by atoms with van der Waals surface area (Å²) in [5.41, 5.74) is 6.82. The fraction of sp³-hybridized carbons (Fsp3) is 0.333. The van der Waals surface area contributed by atoms with Crippen LogP contribution in [0.3, 0.4) is 0 Å². The minimum Gasteiger partial charge on any atom is -0.489 e. The first-order chi connectivity index (χ1) is 16.1. The lowest BCUT2D eigenvalue weighted by atomic mass is 9.99. The maximum absolute atomic E-state index is 12.9. The monoisotopic (exact) mass is 476 g/mol. The number of halogens is 1.